The van der Waals surface area contributed by atoms with E-state index in [2.05, 4.69) is 10.2 Å². The van der Waals surface area contributed by atoms with Crippen LogP contribution in [-0.4, -0.2) is 48.5 Å². The van der Waals surface area contributed by atoms with Gasteiger partial charge in [-0.1, -0.05) is 17.7 Å². The molecular formula is C25H26ClN3O3S. The molecule has 172 valence electrons. The van der Waals surface area contributed by atoms with Crippen molar-refractivity contribution < 1.29 is 14.3 Å². The normalized spacial score (nSPS) is 14.2. The van der Waals surface area contributed by atoms with Crippen LogP contribution in [0.4, 0.5) is 11.4 Å². The maximum absolute atomic E-state index is 12.8. The number of carbonyl (C=O) groups is 2. The van der Waals surface area contributed by atoms with Crippen molar-refractivity contribution in [2.75, 3.05) is 36.4 Å². The average Bonchev–Trinajstić information content (AvgIpc) is 3.36. The Morgan fingerprint density at radius 3 is 2.24 bits per heavy atom. The van der Waals surface area contributed by atoms with Crippen molar-refractivity contribution in [3.05, 3.63) is 75.9 Å². The number of benzene rings is 2. The molecular weight excluding hydrogens is 458 g/mol. The van der Waals surface area contributed by atoms with Crippen LogP contribution in [0.15, 0.2) is 66.0 Å². The average molecular weight is 484 g/mol. The van der Waals surface area contributed by atoms with Gasteiger partial charge >= 0.3 is 0 Å². The van der Waals surface area contributed by atoms with E-state index in [9.17, 15) is 9.59 Å². The van der Waals surface area contributed by atoms with Crippen molar-refractivity contribution in [3.8, 4) is 5.75 Å². The van der Waals surface area contributed by atoms with Crippen molar-refractivity contribution in [1.29, 1.82) is 0 Å². The molecule has 0 saturated carbocycles. The van der Waals surface area contributed by atoms with Gasteiger partial charge in [-0.15, -0.1) is 11.3 Å². The minimum Gasteiger partial charge on any atom is -0.478 e. The first-order chi connectivity index (χ1) is 15.8. The van der Waals surface area contributed by atoms with E-state index >= 15 is 0 Å². The Morgan fingerprint density at radius 1 is 0.970 bits per heavy atom. The Hall–Kier alpha value is -3.03. The van der Waals surface area contributed by atoms with Crippen LogP contribution in [-0.2, 0) is 4.79 Å². The second-order valence-corrected chi connectivity index (χ2v) is 9.71. The molecule has 2 heterocycles. The van der Waals surface area contributed by atoms with Gasteiger partial charge in [-0.05, 0) is 73.8 Å². The van der Waals surface area contributed by atoms with Crippen LogP contribution in [0.5, 0.6) is 5.75 Å². The molecule has 8 heteroatoms. The maximum Gasteiger partial charge on any atom is 0.267 e. The fraction of sp³-hybridized carbons (Fsp3) is 0.280. The first-order valence-electron chi connectivity index (χ1n) is 10.8. The number of hydrogen-bond donors (Lipinski definition) is 1. The van der Waals surface area contributed by atoms with Gasteiger partial charge in [0.25, 0.3) is 11.8 Å². The zero-order valence-electron chi connectivity index (χ0n) is 18.6. The molecule has 1 aliphatic rings. The molecule has 3 aromatic rings. The lowest BCUT2D eigenvalue weighted by Crippen LogP contribution is -2.48. The van der Waals surface area contributed by atoms with Gasteiger partial charge in [0.05, 0.1) is 4.88 Å². The third-order valence-corrected chi connectivity index (χ3v) is 6.63. The van der Waals surface area contributed by atoms with Crippen LogP contribution in [0.3, 0.4) is 0 Å². The summed E-state index contributed by atoms with van der Waals surface area (Å²) in [4.78, 5) is 30.2. The van der Waals surface area contributed by atoms with Crippen LogP contribution in [0, 0.1) is 0 Å². The highest BCUT2D eigenvalue weighted by Gasteiger charge is 2.30. The second-order valence-electron chi connectivity index (χ2n) is 8.32. The minimum absolute atomic E-state index is 0.103. The van der Waals surface area contributed by atoms with Crippen molar-refractivity contribution in [3.63, 3.8) is 0 Å². The molecule has 2 aromatic carbocycles. The molecule has 0 atom stereocenters. The number of hydrogen-bond acceptors (Lipinski definition) is 5. The highest BCUT2D eigenvalue weighted by molar-refractivity contribution is 7.12. The Bertz CT molecular complexity index is 1090. The molecule has 1 saturated heterocycles. The summed E-state index contributed by atoms with van der Waals surface area (Å²) in [7, 11) is 0. The lowest BCUT2D eigenvalue weighted by atomic mass is 10.1. The zero-order valence-corrected chi connectivity index (χ0v) is 20.2. The summed E-state index contributed by atoms with van der Waals surface area (Å²) in [5.74, 6) is 0.434. The maximum atomic E-state index is 12.8. The molecule has 1 N–H and O–H groups in total. The smallest absolute Gasteiger partial charge is 0.267 e. The van der Waals surface area contributed by atoms with Crippen LogP contribution in [0.1, 0.15) is 23.5 Å². The molecule has 0 bridgehead atoms. The summed E-state index contributed by atoms with van der Waals surface area (Å²) in [5.41, 5.74) is 0.703. The lowest BCUT2D eigenvalue weighted by Gasteiger charge is -2.36. The van der Waals surface area contributed by atoms with E-state index in [1.807, 2.05) is 46.7 Å². The van der Waals surface area contributed by atoms with Crippen molar-refractivity contribution in [1.82, 2.24) is 4.90 Å². The van der Waals surface area contributed by atoms with Gasteiger partial charge < -0.3 is 19.9 Å². The Morgan fingerprint density at radius 2 is 1.64 bits per heavy atom. The van der Waals surface area contributed by atoms with Gasteiger partial charge in [0.2, 0.25) is 0 Å². The summed E-state index contributed by atoms with van der Waals surface area (Å²) >= 11 is 7.39. The number of carbonyl (C=O) groups excluding carboxylic acids is 2. The molecule has 1 fully saturated rings. The third-order valence-electron chi connectivity index (χ3n) is 5.52. The first-order valence-corrected chi connectivity index (χ1v) is 12.0. The van der Waals surface area contributed by atoms with E-state index < -0.39 is 5.60 Å². The molecule has 6 nitrogen and oxygen atoms in total. The summed E-state index contributed by atoms with van der Waals surface area (Å²) in [5, 5.41) is 5.46. The predicted octanol–water partition coefficient (Wildman–Crippen LogP) is 5.16. The summed E-state index contributed by atoms with van der Waals surface area (Å²) in [6, 6.07) is 18.4. The Balaban J connectivity index is 1.31. The molecule has 1 aromatic heterocycles. The highest BCUT2D eigenvalue weighted by Crippen LogP contribution is 2.24. The van der Waals surface area contributed by atoms with Gasteiger partial charge in [-0.2, -0.15) is 0 Å². The van der Waals surface area contributed by atoms with Gasteiger partial charge in [0, 0.05) is 42.6 Å². The van der Waals surface area contributed by atoms with E-state index in [0.717, 1.165) is 23.7 Å². The van der Waals surface area contributed by atoms with Crippen LogP contribution < -0.4 is 15.0 Å². The topological polar surface area (TPSA) is 61.9 Å². The number of thiophene rings is 1. The molecule has 0 radical (unpaired) electrons. The lowest BCUT2D eigenvalue weighted by molar-refractivity contribution is -0.128. The summed E-state index contributed by atoms with van der Waals surface area (Å²) < 4.78 is 5.86. The molecule has 0 spiro atoms. The van der Waals surface area contributed by atoms with Crippen LogP contribution in [0.2, 0.25) is 5.02 Å². The van der Waals surface area contributed by atoms with E-state index in [1.54, 1.807) is 38.1 Å². The van der Waals surface area contributed by atoms with Gasteiger partial charge in [-0.25, -0.2) is 0 Å². The minimum atomic E-state index is -1.06. The van der Waals surface area contributed by atoms with Crippen molar-refractivity contribution >= 4 is 46.1 Å². The number of halogens is 1. The first kappa shape index (κ1) is 23.1. The number of nitrogens with zero attached hydrogens (tertiary/aromatic N) is 2. The monoisotopic (exact) mass is 483 g/mol. The number of amides is 2. The number of piperazine rings is 1. The largest absolute Gasteiger partial charge is 0.478 e. The fourth-order valence-corrected chi connectivity index (χ4v) is 4.42. The van der Waals surface area contributed by atoms with Gasteiger partial charge in [-0.3, -0.25) is 9.59 Å². The van der Waals surface area contributed by atoms with E-state index in [1.165, 1.54) is 11.3 Å². The molecule has 2 amide bonds. The molecule has 33 heavy (non-hydrogen) atoms. The van der Waals surface area contributed by atoms with Gasteiger partial charge in [0.1, 0.15) is 5.75 Å². The highest BCUT2D eigenvalue weighted by atomic mass is 35.5. The summed E-state index contributed by atoms with van der Waals surface area (Å²) in [6.45, 7) is 6.36. The van der Waals surface area contributed by atoms with E-state index in [4.69, 9.17) is 16.3 Å². The van der Waals surface area contributed by atoms with E-state index in [-0.39, 0.29) is 11.8 Å². The third kappa shape index (κ3) is 5.67. The van der Waals surface area contributed by atoms with Crippen molar-refractivity contribution in [2.45, 2.75) is 19.4 Å². The number of nitrogens with one attached hydrogen (secondary N) is 1. The van der Waals surface area contributed by atoms with E-state index in [0.29, 0.717) is 29.5 Å². The molecule has 0 aliphatic carbocycles. The zero-order chi connectivity index (χ0) is 23.4. The summed E-state index contributed by atoms with van der Waals surface area (Å²) in [6.07, 6.45) is 0. The second kappa shape index (κ2) is 9.85. The number of anilines is 2. The number of ether oxygens (including phenoxy) is 1. The molecule has 4 rings (SSSR count). The predicted molar refractivity (Wildman–Crippen MR) is 134 cm³/mol. The molecule has 0 unspecified atom stereocenters. The quantitative estimate of drug-likeness (QED) is 0.526. The van der Waals surface area contributed by atoms with Crippen LogP contribution >= 0.6 is 22.9 Å². The SMILES string of the molecule is CC(C)(Oc1ccc(Cl)cc1)C(=O)Nc1ccc(N2CCN(C(=O)c3cccs3)CC2)cc1. The number of rotatable bonds is 6. The Kier molecular flexibility index (Phi) is 6.91. The van der Waals surface area contributed by atoms with Gasteiger partial charge in [0.15, 0.2) is 5.60 Å². The van der Waals surface area contributed by atoms with Crippen LogP contribution in [0.25, 0.3) is 0 Å². The standard InChI is InChI=1S/C25H26ClN3O3S/c1-25(2,32-21-11-5-18(26)6-12-21)24(31)27-19-7-9-20(10-8-19)28-13-15-29(16-14-28)23(30)22-4-3-17-33-22/h3-12,17H,13-16H2,1-2H3,(H,27,31). The molecule has 1 aliphatic heterocycles. The van der Waals surface area contributed by atoms with Crippen molar-refractivity contribution in [2.24, 2.45) is 0 Å². The Labute approximate surface area is 202 Å². The fourth-order valence-electron chi connectivity index (χ4n) is 3.60.